The van der Waals surface area contributed by atoms with Crippen molar-refractivity contribution in [3.63, 3.8) is 0 Å². The minimum absolute atomic E-state index is 0.239. The number of likely N-dealkylation sites (N-methyl/N-ethyl adjacent to an activating group) is 1. The summed E-state index contributed by atoms with van der Waals surface area (Å²) in [5, 5.41) is 3.37. The van der Waals surface area contributed by atoms with Gasteiger partial charge in [-0.05, 0) is 26.0 Å². The molecule has 2 unspecified atom stereocenters. The highest BCUT2D eigenvalue weighted by molar-refractivity contribution is 5.79. The molecule has 0 bridgehead atoms. The van der Waals surface area contributed by atoms with Crippen LogP contribution in [0.2, 0.25) is 0 Å². The molecule has 1 saturated heterocycles. The molecule has 0 aliphatic carbocycles. The second-order valence-electron chi connectivity index (χ2n) is 6.84. The molecule has 2 heterocycles. The van der Waals surface area contributed by atoms with E-state index in [4.69, 9.17) is 0 Å². The van der Waals surface area contributed by atoms with Crippen molar-refractivity contribution in [2.24, 2.45) is 0 Å². The van der Waals surface area contributed by atoms with Crippen LogP contribution in [0.3, 0.4) is 0 Å². The molecule has 2 N–H and O–H groups in total. The molecule has 0 radical (unpaired) electrons. The lowest BCUT2D eigenvalue weighted by Crippen LogP contribution is -3.14. The molecule has 1 amide bonds. The first kappa shape index (κ1) is 18.4. The largest absolute Gasteiger partial charge is 0.349 e. The van der Waals surface area contributed by atoms with Crippen molar-refractivity contribution in [1.82, 2.24) is 14.5 Å². The van der Waals surface area contributed by atoms with Gasteiger partial charge in [0.15, 0.2) is 0 Å². The molecule has 7 nitrogen and oxygen atoms in total. The Morgan fingerprint density at radius 3 is 2.73 bits per heavy atom. The number of quaternary nitrogens is 1. The number of rotatable bonds is 6. The van der Waals surface area contributed by atoms with Crippen molar-refractivity contribution in [2.75, 3.05) is 19.6 Å². The van der Waals surface area contributed by atoms with Crippen LogP contribution in [0.1, 0.15) is 26.7 Å². The maximum absolute atomic E-state index is 12.7. The van der Waals surface area contributed by atoms with E-state index in [1.54, 1.807) is 24.3 Å². The number of likely N-dealkylation sites (tertiary alicyclic amines) is 1. The fourth-order valence-corrected chi connectivity index (χ4v) is 3.95. The van der Waals surface area contributed by atoms with E-state index in [9.17, 15) is 14.4 Å². The summed E-state index contributed by atoms with van der Waals surface area (Å²) in [5.41, 5.74) is -0.241. The zero-order valence-corrected chi connectivity index (χ0v) is 15.5. The van der Waals surface area contributed by atoms with Crippen LogP contribution in [-0.2, 0) is 17.9 Å². The number of benzene rings is 1. The van der Waals surface area contributed by atoms with E-state index in [-0.39, 0.29) is 12.5 Å². The van der Waals surface area contributed by atoms with Crippen LogP contribution in [0.15, 0.2) is 33.9 Å². The van der Waals surface area contributed by atoms with Gasteiger partial charge in [-0.1, -0.05) is 12.1 Å². The molecule has 7 heteroatoms. The van der Waals surface area contributed by atoms with Crippen LogP contribution in [0.25, 0.3) is 10.9 Å². The Bertz CT molecular complexity index is 915. The minimum Gasteiger partial charge on any atom is -0.349 e. The molecule has 1 aromatic heterocycles. The standard InChI is InChI=1S/C19H26N4O3/c1-3-21-11-7-8-14(21)12-20-17(24)13-23-18(25)15-9-5-6-10-16(15)22(4-2)19(23)26/h5-6,9-10,14H,3-4,7-8,11-13H2,1-2H3,(H,20,24)/p+1. The number of nitrogens with zero attached hydrogens (tertiary/aromatic N) is 2. The van der Waals surface area contributed by atoms with Gasteiger partial charge in [-0.3, -0.25) is 18.7 Å². The SMILES string of the molecule is CCn1c(=O)n(CC(=O)NCC2CCC[NH+]2CC)c(=O)c2ccccc21. The van der Waals surface area contributed by atoms with E-state index in [1.807, 2.05) is 6.92 Å². The maximum Gasteiger partial charge on any atom is 0.331 e. The van der Waals surface area contributed by atoms with Gasteiger partial charge in [-0.2, -0.15) is 0 Å². The first-order valence-corrected chi connectivity index (χ1v) is 9.40. The summed E-state index contributed by atoms with van der Waals surface area (Å²) in [6, 6.07) is 7.44. The Balaban J connectivity index is 1.81. The van der Waals surface area contributed by atoms with E-state index in [1.165, 1.54) is 15.9 Å². The van der Waals surface area contributed by atoms with Crippen molar-refractivity contribution in [2.45, 2.75) is 45.8 Å². The number of carbonyl (C=O) groups is 1. The second kappa shape index (κ2) is 7.86. The number of hydrogen-bond acceptors (Lipinski definition) is 3. The minimum atomic E-state index is -0.437. The van der Waals surface area contributed by atoms with Gasteiger partial charge in [0.1, 0.15) is 12.6 Å². The van der Waals surface area contributed by atoms with Gasteiger partial charge in [-0.15, -0.1) is 0 Å². The predicted octanol–water partition coefficient (Wildman–Crippen LogP) is -0.633. The summed E-state index contributed by atoms with van der Waals surface area (Å²) in [4.78, 5) is 39.2. The van der Waals surface area contributed by atoms with Crippen molar-refractivity contribution in [1.29, 1.82) is 0 Å². The van der Waals surface area contributed by atoms with Crippen LogP contribution in [0.5, 0.6) is 0 Å². The molecule has 2 atom stereocenters. The molecule has 26 heavy (non-hydrogen) atoms. The quantitative estimate of drug-likeness (QED) is 0.721. The lowest BCUT2D eigenvalue weighted by molar-refractivity contribution is -0.909. The number of aromatic nitrogens is 2. The molecule has 1 aliphatic rings. The summed E-state index contributed by atoms with van der Waals surface area (Å²) in [6.07, 6.45) is 2.27. The van der Waals surface area contributed by atoms with Crippen LogP contribution < -0.4 is 21.5 Å². The number of hydrogen-bond donors (Lipinski definition) is 2. The van der Waals surface area contributed by atoms with Gasteiger partial charge >= 0.3 is 5.69 Å². The third kappa shape index (κ3) is 3.44. The van der Waals surface area contributed by atoms with Crippen molar-refractivity contribution >= 4 is 16.8 Å². The Morgan fingerprint density at radius 2 is 2.00 bits per heavy atom. The summed E-state index contributed by atoms with van der Waals surface area (Å²) in [6.45, 7) is 6.98. The summed E-state index contributed by atoms with van der Waals surface area (Å²) < 4.78 is 2.57. The van der Waals surface area contributed by atoms with Gasteiger partial charge < -0.3 is 10.2 Å². The highest BCUT2D eigenvalue weighted by Gasteiger charge is 2.27. The Labute approximate surface area is 152 Å². The summed E-state index contributed by atoms with van der Waals surface area (Å²) in [7, 11) is 0. The van der Waals surface area contributed by atoms with Gasteiger partial charge in [0.05, 0.1) is 30.5 Å². The Kier molecular flexibility index (Phi) is 5.56. The van der Waals surface area contributed by atoms with Gasteiger partial charge in [0.2, 0.25) is 5.91 Å². The van der Waals surface area contributed by atoms with Crippen molar-refractivity contribution < 1.29 is 9.69 Å². The first-order chi connectivity index (χ1) is 12.6. The second-order valence-corrected chi connectivity index (χ2v) is 6.84. The predicted molar refractivity (Wildman–Crippen MR) is 101 cm³/mol. The van der Waals surface area contributed by atoms with Crippen LogP contribution in [-0.4, -0.2) is 40.7 Å². The Morgan fingerprint density at radius 1 is 1.23 bits per heavy atom. The van der Waals surface area contributed by atoms with E-state index < -0.39 is 11.2 Å². The molecule has 140 valence electrons. The first-order valence-electron chi connectivity index (χ1n) is 9.40. The number of amides is 1. The molecule has 0 spiro atoms. The monoisotopic (exact) mass is 359 g/mol. The molecule has 1 aromatic carbocycles. The smallest absolute Gasteiger partial charge is 0.331 e. The van der Waals surface area contributed by atoms with Crippen LogP contribution in [0.4, 0.5) is 0 Å². The number of para-hydroxylation sites is 1. The fourth-order valence-electron chi connectivity index (χ4n) is 3.95. The van der Waals surface area contributed by atoms with E-state index >= 15 is 0 Å². The van der Waals surface area contributed by atoms with Gasteiger partial charge in [0.25, 0.3) is 5.56 Å². The van der Waals surface area contributed by atoms with Gasteiger partial charge in [-0.25, -0.2) is 4.79 Å². The third-order valence-electron chi connectivity index (χ3n) is 5.38. The van der Waals surface area contributed by atoms with Gasteiger partial charge in [0, 0.05) is 19.4 Å². The average molecular weight is 359 g/mol. The topological polar surface area (TPSA) is 77.5 Å². The average Bonchev–Trinajstić information content (AvgIpc) is 3.11. The molecule has 3 rings (SSSR count). The number of carbonyl (C=O) groups excluding carboxylic acids is 1. The summed E-state index contributed by atoms with van der Waals surface area (Å²) in [5.74, 6) is -0.288. The van der Waals surface area contributed by atoms with E-state index in [2.05, 4.69) is 12.2 Å². The van der Waals surface area contributed by atoms with E-state index in [0.717, 1.165) is 24.1 Å². The normalized spacial score (nSPS) is 19.8. The molecule has 2 aromatic rings. The lowest BCUT2D eigenvalue weighted by atomic mass is 10.2. The number of nitrogens with one attached hydrogen (secondary N) is 2. The molecule has 1 aliphatic heterocycles. The molecule has 1 fully saturated rings. The maximum atomic E-state index is 12.7. The molecule has 0 saturated carbocycles. The van der Waals surface area contributed by atoms with Crippen molar-refractivity contribution in [3.8, 4) is 0 Å². The molecular formula is C19H27N4O3+. The zero-order valence-electron chi connectivity index (χ0n) is 15.5. The van der Waals surface area contributed by atoms with Crippen LogP contribution >= 0.6 is 0 Å². The number of aryl methyl sites for hydroxylation is 1. The fraction of sp³-hybridized carbons (Fsp3) is 0.526. The Hall–Kier alpha value is -2.41. The molecular weight excluding hydrogens is 332 g/mol. The van der Waals surface area contributed by atoms with Crippen molar-refractivity contribution in [3.05, 3.63) is 45.1 Å². The summed E-state index contributed by atoms with van der Waals surface area (Å²) >= 11 is 0. The third-order valence-corrected chi connectivity index (χ3v) is 5.38. The van der Waals surface area contributed by atoms with E-state index in [0.29, 0.717) is 30.0 Å². The highest BCUT2D eigenvalue weighted by Crippen LogP contribution is 2.07. The number of fused-ring (bicyclic) bond motifs is 1. The highest BCUT2D eigenvalue weighted by atomic mass is 16.2. The lowest BCUT2D eigenvalue weighted by Gasteiger charge is -2.20. The van der Waals surface area contributed by atoms with Crippen LogP contribution in [0, 0.1) is 0 Å². The zero-order chi connectivity index (χ0) is 18.7.